The molecule has 114 valence electrons. The van der Waals surface area contributed by atoms with Gasteiger partial charge in [-0.1, -0.05) is 18.2 Å². The molecule has 5 rings (SSSR count). The summed E-state index contributed by atoms with van der Waals surface area (Å²) < 4.78 is 13.7. The highest BCUT2D eigenvalue weighted by Gasteiger charge is 2.51. The van der Waals surface area contributed by atoms with Crippen molar-refractivity contribution < 1.29 is 9.18 Å². The number of aromatic amines is 1. The smallest absolute Gasteiger partial charge is 0.255 e. The van der Waals surface area contributed by atoms with Gasteiger partial charge in [0.05, 0.1) is 5.69 Å². The number of halogens is 1. The second-order valence-corrected chi connectivity index (χ2v) is 6.09. The van der Waals surface area contributed by atoms with Crippen LogP contribution in [-0.4, -0.2) is 17.4 Å². The highest BCUT2D eigenvalue weighted by molar-refractivity contribution is 6.09. The number of nitrogens with one attached hydrogen (secondary N) is 3. The van der Waals surface area contributed by atoms with E-state index in [9.17, 15) is 9.18 Å². The van der Waals surface area contributed by atoms with Crippen molar-refractivity contribution >= 4 is 22.5 Å². The third-order valence-corrected chi connectivity index (χ3v) is 4.93. The molecule has 1 unspecified atom stereocenters. The summed E-state index contributed by atoms with van der Waals surface area (Å²) in [6, 6.07) is 12.4. The zero-order valence-electron chi connectivity index (χ0n) is 12.2. The van der Waals surface area contributed by atoms with Gasteiger partial charge in [-0.25, -0.2) is 4.39 Å². The Morgan fingerprint density at radius 1 is 1.13 bits per heavy atom. The first-order valence-electron chi connectivity index (χ1n) is 7.67. The molecule has 1 atom stereocenters. The summed E-state index contributed by atoms with van der Waals surface area (Å²) in [5, 5.41) is 7.21. The first-order valence-corrected chi connectivity index (χ1v) is 7.67. The summed E-state index contributed by atoms with van der Waals surface area (Å²) in [7, 11) is 0. The predicted octanol–water partition coefficient (Wildman–Crippen LogP) is 2.65. The third-order valence-electron chi connectivity index (χ3n) is 4.93. The molecule has 4 nitrogen and oxygen atoms in total. The normalized spacial score (nSPS) is 22.2. The summed E-state index contributed by atoms with van der Waals surface area (Å²) in [6.45, 7) is 0.665. The number of hydrogen-bond acceptors (Lipinski definition) is 2. The molecule has 0 saturated carbocycles. The van der Waals surface area contributed by atoms with Crippen molar-refractivity contribution in [3.63, 3.8) is 0 Å². The van der Waals surface area contributed by atoms with E-state index in [-0.39, 0.29) is 11.7 Å². The summed E-state index contributed by atoms with van der Waals surface area (Å²) in [5.74, 6) is -0.352. The first kappa shape index (κ1) is 12.8. The number of benzene rings is 2. The second kappa shape index (κ2) is 4.20. The van der Waals surface area contributed by atoms with Gasteiger partial charge in [-0.15, -0.1) is 0 Å². The van der Waals surface area contributed by atoms with Crippen LogP contribution in [-0.2, 0) is 16.8 Å². The largest absolute Gasteiger partial charge is 0.356 e. The Morgan fingerprint density at radius 2 is 2.00 bits per heavy atom. The predicted molar refractivity (Wildman–Crippen MR) is 85.8 cm³/mol. The molecule has 3 N–H and O–H groups in total. The number of fused-ring (bicyclic) bond motifs is 6. The minimum Gasteiger partial charge on any atom is -0.356 e. The lowest BCUT2D eigenvalue weighted by molar-refractivity contribution is -0.120. The van der Waals surface area contributed by atoms with Crippen molar-refractivity contribution in [2.45, 2.75) is 12.0 Å². The molecule has 0 bridgehead atoms. The van der Waals surface area contributed by atoms with Crippen molar-refractivity contribution in [2.75, 3.05) is 11.9 Å². The number of H-pyrrole nitrogens is 1. The van der Waals surface area contributed by atoms with Crippen LogP contribution in [0.25, 0.3) is 10.9 Å². The average molecular weight is 307 g/mol. The molecule has 23 heavy (non-hydrogen) atoms. The fourth-order valence-electron chi connectivity index (χ4n) is 3.94. The van der Waals surface area contributed by atoms with Crippen molar-refractivity contribution in [3.05, 3.63) is 65.1 Å². The summed E-state index contributed by atoms with van der Waals surface area (Å²) >= 11 is 0. The molecule has 0 aliphatic carbocycles. The number of amides is 1. The number of carbonyl (C=O) groups is 1. The molecule has 2 aliphatic heterocycles. The quantitative estimate of drug-likeness (QED) is 0.598. The van der Waals surface area contributed by atoms with Crippen LogP contribution in [0, 0.1) is 5.82 Å². The average Bonchev–Trinajstić information content (AvgIpc) is 3.06. The van der Waals surface area contributed by atoms with Crippen LogP contribution in [0.5, 0.6) is 0 Å². The lowest BCUT2D eigenvalue weighted by Gasteiger charge is -2.33. The Morgan fingerprint density at radius 3 is 2.91 bits per heavy atom. The van der Waals surface area contributed by atoms with E-state index >= 15 is 0 Å². The van der Waals surface area contributed by atoms with E-state index in [1.807, 2.05) is 24.3 Å². The molecule has 2 aromatic carbocycles. The lowest BCUT2D eigenvalue weighted by Crippen LogP contribution is -2.53. The molecular weight excluding hydrogens is 293 g/mol. The molecule has 0 fully saturated rings. The minimum absolute atomic E-state index is 0.0910. The van der Waals surface area contributed by atoms with Gasteiger partial charge in [-0.3, -0.25) is 10.1 Å². The van der Waals surface area contributed by atoms with E-state index < -0.39 is 5.54 Å². The summed E-state index contributed by atoms with van der Waals surface area (Å²) in [4.78, 5) is 16.2. The molecule has 1 spiro atoms. The van der Waals surface area contributed by atoms with Gasteiger partial charge in [0.25, 0.3) is 5.91 Å². The summed E-state index contributed by atoms with van der Waals surface area (Å²) in [5.41, 5.74) is 3.52. The van der Waals surface area contributed by atoms with Crippen molar-refractivity contribution in [1.82, 2.24) is 10.3 Å². The third kappa shape index (κ3) is 1.50. The van der Waals surface area contributed by atoms with E-state index in [1.54, 1.807) is 12.1 Å². The number of para-hydroxylation sites is 1. The number of carbonyl (C=O) groups excluding carboxylic acids is 1. The van der Waals surface area contributed by atoms with Gasteiger partial charge >= 0.3 is 0 Å². The zero-order chi connectivity index (χ0) is 15.6. The van der Waals surface area contributed by atoms with Gasteiger partial charge in [0.15, 0.2) is 5.54 Å². The standard InChI is InChI=1S/C18H14FN3O/c19-10-5-6-14-12(9-10)11-7-8-20-18(16(11)21-14)13-3-1-2-4-15(13)22-17(18)23/h1-6,9,20-21H,7-8H2,(H,22,23). The Labute approximate surface area is 131 Å². The Kier molecular flexibility index (Phi) is 2.35. The highest BCUT2D eigenvalue weighted by Crippen LogP contribution is 2.45. The van der Waals surface area contributed by atoms with E-state index in [2.05, 4.69) is 15.6 Å². The molecule has 1 amide bonds. The Bertz CT molecular complexity index is 978. The number of aromatic nitrogens is 1. The molecular formula is C18H14FN3O. The van der Waals surface area contributed by atoms with Gasteiger partial charge in [0.1, 0.15) is 5.82 Å². The van der Waals surface area contributed by atoms with E-state index in [0.29, 0.717) is 6.54 Å². The van der Waals surface area contributed by atoms with Crippen molar-refractivity contribution in [1.29, 1.82) is 0 Å². The van der Waals surface area contributed by atoms with Crippen LogP contribution >= 0.6 is 0 Å². The molecule has 0 radical (unpaired) electrons. The molecule has 2 aliphatic rings. The van der Waals surface area contributed by atoms with Crippen LogP contribution in [0.15, 0.2) is 42.5 Å². The molecule has 1 aromatic heterocycles. The van der Waals surface area contributed by atoms with Crippen LogP contribution in [0.3, 0.4) is 0 Å². The van der Waals surface area contributed by atoms with Gasteiger partial charge < -0.3 is 10.3 Å². The van der Waals surface area contributed by atoms with Crippen LogP contribution < -0.4 is 10.6 Å². The minimum atomic E-state index is -0.917. The van der Waals surface area contributed by atoms with Gasteiger partial charge in [-0.2, -0.15) is 0 Å². The first-order chi connectivity index (χ1) is 11.2. The van der Waals surface area contributed by atoms with Crippen molar-refractivity contribution in [3.8, 4) is 0 Å². The molecule has 5 heteroatoms. The van der Waals surface area contributed by atoms with Crippen LogP contribution in [0.1, 0.15) is 16.8 Å². The van der Waals surface area contributed by atoms with E-state index in [4.69, 9.17) is 0 Å². The van der Waals surface area contributed by atoms with Gasteiger partial charge in [-0.05, 0) is 36.2 Å². The molecule has 0 saturated heterocycles. The lowest BCUT2D eigenvalue weighted by atomic mass is 9.82. The fraction of sp³-hybridized carbons (Fsp3) is 0.167. The Balaban J connectivity index is 1.86. The topological polar surface area (TPSA) is 56.9 Å². The maximum atomic E-state index is 13.7. The second-order valence-electron chi connectivity index (χ2n) is 6.09. The summed E-state index contributed by atoms with van der Waals surface area (Å²) in [6.07, 6.45) is 0.760. The number of hydrogen-bond donors (Lipinski definition) is 3. The van der Waals surface area contributed by atoms with Gasteiger partial charge in [0, 0.05) is 28.7 Å². The fourth-order valence-corrected chi connectivity index (χ4v) is 3.94. The maximum Gasteiger partial charge on any atom is 0.255 e. The maximum absolute atomic E-state index is 13.7. The molecule has 3 heterocycles. The van der Waals surface area contributed by atoms with E-state index in [0.717, 1.165) is 39.8 Å². The van der Waals surface area contributed by atoms with E-state index in [1.165, 1.54) is 6.07 Å². The SMILES string of the molecule is O=C1Nc2ccccc2C12NCCc1c2[nH]c2ccc(F)cc12. The zero-order valence-corrected chi connectivity index (χ0v) is 12.2. The number of anilines is 1. The van der Waals surface area contributed by atoms with Crippen LogP contribution in [0.4, 0.5) is 10.1 Å². The highest BCUT2D eigenvalue weighted by atomic mass is 19.1. The van der Waals surface area contributed by atoms with Crippen molar-refractivity contribution in [2.24, 2.45) is 0 Å². The Hall–Kier alpha value is -2.66. The van der Waals surface area contributed by atoms with Crippen LogP contribution in [0.2, 0.25) is 0 Å². The van der Waals surface area contributed by atoms with Gasteiger partial charge in [0.2, 0.25) is 0 Å². The number of rotatable bonds is 0. The molecule has 3 aromatic rings. The monoisotopic (exact) mass is 307 g/mol.